The number of aliphatic hydroxyl groups excluding tert-OH is 1. The summed E-state index contributed by atoms with van der Waals surface area (Å²) in [5, 5.41) is 13.7. The van der Waals surface area contributed by atoms with Crippen LogP contribution in [0.15, 0.2) is 36.5 Å². The SMILES string of the molecule is CC(C)OC(=O)C1C(Cc2ccc(Cl)nc2)C(O)N1C(=O)NC(C)c1ccc2c(c1)OC(F)(F)O2. The number of hydrogen-bond donors (Lipinski definition) is 2. The molecule has 3 heterocycles. The van der Waals surface area contributed by atoms with E-state index in [0.717, 1.165) is 10.5 Å². The molecule has 0 saturated carbocycles. The fourth-order valence-corrected chi connectivity index (χ4v) is 4.18. The number of fused-ring (bicyclic) bond motifs is 1. The van der Waals surface area contributed by atoms with Gasteiger partial charge in [0.25, 0.3) is 0 Å². The summed E-state index contributed by atoms with van der Waals surface area (Å²) in [5.41, 5.74) is 1.19. The predicted molar refractivity (Wildman–Crippen MR) is 119 cm³/mol. The van der Waals surface area contributed by atoms with Gasteiger partial charge < -0.3 is 24.6 Å². The first-order chi connectivity index (χ1) is 16.4. The Morgan fingerprint density at radius 3 is 2.60 bits per heavy atom. The van der Waals surface area contributed by atoms with E-state index in [1.807, 2.05) is 0 Å². The van der Waals surface area contributed by atoms with Gasteiger partial charge in [-0.2, -0.15) is 0 Å². The van der Waals surface area contributed by atoms with Gasteiger partial charge in [0.1, 0.15) is 17.4 Å². The number of amides is 2. The quantitative estimate of drug-likeness (QED) is 0.450. The summed E-state index contributed by atoms with van der Waals surface area (Å²) in [4.78, 5) is 30.9. The Morgan fingerprint density at radius 1 is 1.23 bits per heavy atom. The largest absolute Gasteiger partial charge is 0.586 e. The highest BCUT2D eigenvalue weighted by molar-refractivity contribution is 6.29. The molecule has 2 N–H and O–H groups in total. The molecule has 1 saturated heterocycles. The van der Waals surface area contributed by atoms with E-state index in [0.29, 0.717) is 10.7 Å². The zero-order valence-electron chi connectivity index (χ0n) is 19.1. The second kappa shape index (κ2) is 9.46. The highest BCUT2D eigenvalue weighted by atomic mass is 35.5. The number of nitrogens with zero attached hydrogens (tertiary/aromatic N) is 2. The van der Waals surface area contributed by atoms with Crippen molar-refractivity contribution in [2.24, 2.45) is 5.92 Å². The van der Waals surface area contributed by atoms with Crippen LogP contribution in [0.25, 0.3) is 0 Å². The number of benzene rings is 1. The van der Waals surface area contributed by atoms with Gasteiger partial charge in [0.05, 0.1) is 12.1 Å². The Kier molecular flexibility index (Phi) is 6.74. The van der Waals surface area contributed by atoms with Crippen LogP contribution < -0.4 is 14.8 Å². The number of aromatic nitrogens is 1. The average molecular weight is 512 g/mol. The molecule has 2 amide bonds. The predicted octanol–water partition coefficient (Wildman–Crippen LogP) is 3.64. The van der Waals surface area contributed by atoms with Crippen molar-refractivity contribution in [3.63, 3.8) is 0 Å². The van der Waals surface area contributed by atoms with Gasteiger partial charge in [-0.15, -0.1) is 8.78 Å². The first kappa shape index (κ1) is 24.9. The number of carbonyl (C=O) groups is 2. The van der Waals surface area contributed by atoms with Crippen LogP contribution in [0.4, 0.5) is 13.6 Å². The normalized spacial score (nSPS) is 23.0. The Balaban J connectivity index is 1.48. The lowest BCUT2D eigenvalue weighted by Gasteiger charge is -2.50. The van der Waals surface area contributed by atoms with Gasteiger partial charge in [-0.3, -0.25) is 4.90 Å². The number of carbonyl (C=O) groups excluding carboxylic acids is 2. The Labute approximate surface area is 204 Å². The summed E-state index contributed by atoms with van der Waals surface area (Å²) in [5.74, 6) is -1.55. The summed E-state index contributed by atoms with van der Waals surface area (Å²) >= 11 is 5.82. The van der Waals surface area contributed by atoms with Crippen molar-refractivity contribution in [3.8, 4) is 11.5 Å². The van der Waals surface area contributed by atoms with Gasteiger partial charge in [-0.05, 0) is 56.5 Å². The topological polar surface area (TPSA) is 110 Å². The molecule has 1 fully saturated rings. The van der Waals surface area contributed by atoms with E-state index in [2.05, 4.69) is 19.8 Å². The number of alkyl halides is 2. The number of likely N-dealkylation sites (tertiary alicyclic amines) is 1. The summed E-state index contributed by atoms with van der Waals surface area (Å²) in [7, 11) is 0. The van der Waals surface area contributed by atoms with Crippen molar-refractivity contribution in [2.75, 3.05) is 0 Å². The van der Waals surface area contributed by atoms with E-state index in [4.69, 9.17) is 16.3 Å². The summed E-state index contributed by atoms with van der Waals surface area (Å²) in [6, 6.07) is 5.04. The van der Waals surface area contributed by atoms with E-state index in [1.54, 1.807) is 32.9 Å². The molecule has 2 aromatic rings. The molecular weight excluding hydrogens is 488 g/mol. The lowest BCUT2D eigenvalue weighted by Crippen LogP contribution is -2.71. The maximum Gasteiger partial charge on any atom is 0.586 e. The second-order valence-electron chi connectivity index (χ2n) is 8.65. The van der Waals surface area contributed by atoms with E-state index >= 15 is 0 Å². The molecule has 0 spiro atoms. The molecule has 12 heteroatoms. The molecule has 1 aromatic heterocycles. The van der Waals surface area contributed by atoms with Crippen molar-refractivity contribution in [1.82, 2.24) is 15.2 Å². The van der Waals surface area contributed by atoms with E-state index in [9.17, 15) is 23.5 Å². The van der Waals surface area contributed by atoms with Gasteiger partial charge in [-0.1, -0.05) is 23.7 Å². The van der Waals surface area contributed by atoms with Crippen LogP contribution in [0, 0.1) is 5.92 Å². The number of pyridine rings is 1. The third-order valence-corrected chi connectivity index (χ3v) is 5.95. The Bertz CT molecular complexity index is 1120. The first-order valence-electron chi connectivity index (χ1n) is 10.9. The van der Waals surface area contributed by atoms with Crippen LogP contribution >= 0.6 is 11.6 Å². The molecular formula is C23H24ClF2N3O6. The molecule has 35 heavy (non-hydrogen) atoms. The smallest absolute Gasteiger partial charge is 0.461 e. The van der Waals surface area contributed by atoms with Crippen LogP contribution in [0.1, 0.15) is 37.9 Å². The average Bonchev–Trinajstić information content (AvgIpc) is 3.08. The third kappa shape index (κ3) is 5.25. The van der Waals surface area contributed by atoms with Gasteiger partial charge in [-0.25, -0.2) is 14.6 Å². The summed E-state index contributed by atoms with van der Waals surface area (Å²) < 4.78 is 40.8. The number of aliphatic hydroxyl groups is 1. The first-order valence-corrected chi connectivity index (χ1v) is 11.3. The minimum absolute atomic E-state index is 0.119. The lowest BCUT2D eigenvalue weighted by molar-refractivity contribution is -0.286. The van der Waals surface area contributed by atoms with Crippen LogP contribution in [0.2, 0.25) is 5.15 Å². The molecule has 2 aliphatic heterocycles. The van der Waals surface area contributed by atoms with Gasteiger partial charge in [0, 0.05) is 12.1 Å². The number of rotatable bonds is 6. The minimum atomic E-state index is -3.76. The fourth-order valence-electron chi connectivity index (χ4n) is 4.07. The van der Waals surface area contributed by atoms with Crippen molar-refractivity contribution >= 4 is 23.6 Å². The monoisotopic (exact) mass is 511 g/mol. The van der Waals surface area contributed by atoms with E-state index in [1.165, 1.54) is 24.4 Å². The molecule has 9 nitrogen and oxygen atoms in total. The van der Waals surface area contributed by atoms with Crippen molar-refractivity contribution < 1.29 is 37.7 Å². The molecule has 4 atom stereocenters. The van der Waals surface area contributed by atoms with Crippen LogP contribution in [-0.4, -0.2) is 51.7 Å². The van der Waals surface area contributed by atoms with E-state index < -0.39 is 48.6 Å². The number of halogens is 3. The van der Waals surface area contributed by atoms with Gasteiger partial charge in [0.15, 0.2) is 11.5 Å². The van der Waals surface area contributed by atoms with Crippen LogP contribution in [0.3, 0.4) is 0 Å². The molecule has 0 radical (unpaired) electrons. The number of ether oxygens (including phenoxy) is 3. The number of hydrogen-bond acceptors (Lipinski definition) is 7. The highest BCUT2D eigenvalue weighted by Gasteiger charge is 2.55. The lowest BCUT2D eigenvalue weighted by atomic mass is 9.81. The zero-order valence-corrected chi connectivity index (χ0v) is 19.8. The molecule has 1 aromatic carbocycles. The van der Waals surface area contributed by atoms with Gasteiger partial charge in [0.2, 0.25) is 0 Å². The molecule has 188 valence electrons. The number of nitrogens with one attached hydrogen (secondary N) is 1. The highest BCUT2D eigenvalue weighted by Crippen LogP contribution is 2.42. The fraction of sp³-hybridized carbons (Fsp3) is 0.435. The molecule has 2 aliphatic rings. The standard InChI is InChI=1S/C23H24ClF2N3O6/c1-11(2)33-21(31)19-15(8-13-4-7-18(24)27-10-13)20(30)29(19)22(32)28-12(3)14-5-6-16-17(9-14)35-23(25,26)34-16/h4-7,9-12,15,19-20,30H,8H2,1-3H3,(H,28,32). The van der Waals surface area contributed by atoms with Crippen LogP contribution in [-0.2, 0) is 16.0 Å². The maximum absolute atomic E-state index is 13.3. The van der Waals surface area contributed by atoms with Crippen molar-refractivity contribution in [1.29, 1.82) is 0 Å². The van der Waals surface area contributed by atoms with Gasteiger partial charge >= 0.3 is 18.3 Å². The molecule has 4 rings (SSSR count). The third-order valence-electron chi connectivity index (χ3n) is 5.73. The van der Waals surface area contributed by atoms with E-state index in [-0.39, 0.29) is 17.9 Å². The Morgan fingerprint density at radius 2 is 1.94 bits per heavy atom. The number of urea groups is 1. The summed E-state index contributed by atoms with van der Waals surface area (Å²) in [6.07, 6.45) is -3.65. The van der Waals surface area contributed by atoms with Crippen molar-refractivity contribution in [2.45, 2.75) is 57.9 Å². The summed E-state index contributed by atoms with van der Waals surface area (Å²) in [6.45, 7) is 4.99. The Hall–Kier alpha value is -3.18. The number of esters is 1. The zero-order chi connectivity index (χ0) is 25.5. The molecule has 0 aliphatic carbocycles. The maximum atomic E-state index is 13.3. The molecule has 0 bridgehead atoms. The van der Waals surface area contributed by atoms with Crippen LogP contribution in [0.5, 0.6) is 11.5 Å². The molecule has 4 unspecified atom stereocenters. The van der Waals surface area contributed by atoms with Crippen molar-refractivity contribution in [3.05, 3.63) is 52.8 Å². The second-order valence-corrected chi connectivity index (χ2v) is 9.04. The minimum Gasteiger partial charge on any atom is -0.461 e.